The van der Waals surface area contributed by atoms with Gasteiger partial charge in [-0.1, -0.05) is 170 Å². The fourth-order valence-corrected chi connectivity index (χ4v) is 8.20. The Morgan fingerprint density at radius 2 is 0.786 bits per heavy atom. The van der Waals surface area contributed by atoms with Gasteiger partial charge in [0.25, 0.3) is 0 Å². The van der Waals surface area contributed by atoms with Gasteiger partial charge < -0.3 is 9.47 Å². The molecule has 0 bridgehead atoms. The average molecular weight is 715 g/mol. The molecule has 0 aliphatic rings. The van der Waals surface area contributed by atoms with Crippen molar-refractivity contribution in [2.45, 2.75) is 0 Å². The maximum atomic E-state index is 2.41. The van der Waals surface area contributed by atoms with Crippen LogP contribution in [0.1, 0.15) is 0 Å². The molecular formula is C54H38N2. The summed E-state index contributed by atoms with van der Waals surface area (Å²) in [5.41, 5.74) is 16.4. The van der Waals surface area contributed by atoms with E-state index in [0.29, 0.717) is 0 Å². The van der Waals surface area contributed by atoms with Crippen LogP contribution in [0, 0.1) is 0 Å². The fraction of sp³-hybridized carbons (Fsp3) is 0. The molecule has 56 heavy (non-hydrogen) atoms. The Bertz CT molecular complexity index is 2930. The lowest BCUT2D eigenvalue weighted by Gasteiger charge is -2.26. The van der Waals surface area contributed by atoms with Gasteiger partial charge in [0, 0.05) is 33.5 Å². The van der Waals surface area contributed by atoms with E-state index in [2.05, 4.69) is 240 Å². The number of aromatic nitrogens is 1. The predicted octanol–water partition coefficient (Wildman–Crippen LogP) is 14.9. The number of hydrogen-bond donors (Lipinski definition) is 0. The third-order valence-electron chi connectivity index (χ3n) is 10.8. The smallest absolute Gasteiger partial charge is 0.0547 e. The number of hydrogen-bond acceptors (Lipinski definition) is 1. The van der Waals surface area contributed by atoms with Crippen LogP contribution in [-0.4, -0.2) is 4.57 Å². The van der Waals surface area contributed by atoms with Gasteiger partial charge in [-0.2, -0.15) is 0 Å². The molecule has 0 saturated carbocycles. The summed E-state index contributed by atoms with van der Waals surface area (Å²) in [5, 5.41) is 2.43. The highest BCUT2D eigenvalue weighted by Gasteiger charge is 2.21. The van der Waals surface area contributed by atoms with Crippen molar-refractivity contribution < 1.29 is 0 Å². The Hall–Kier alpha value is -7.42. The van der Waals surface area contributed by atoms with Crippen LogP contribution in [0.3, 0.4) is 0 Å². The number of benzene rings is 9. The van der Waals surface area contributed by atoms with Gasteiger partial charge in [0.2, 0.25) is 0 Å². The molecule has 0 unspecified atom stereocenters. The van der Waals surface area contributed by atoms with Gasteiger partial charge in [0.15, 0.2) is 0 Å². The molecule has 9 aromatic carbocycles. The van der Waals surface area contributed by atoms with E-state index < -0.39 is 0 Å². The number of para-hydroxylation sites is 1. The summed E-state index contributed by atoms with van der Waals surface area (Å²) >= 11 is 0. The zero-order chi connectivity index (χ0) is 37.3. The monoisotopic (exact) mass is 714 g/mol. The van der Waals surface area contributed by atoms with E-state index in [9.17, 15) is 0 Å². The van der Waals surface area contributed by atoms with Crippen LogP contribution in [0.15, 0.2) is 231 Å². The van der Waals surface area contributed by atoms with Crippen molar-refractivity contribution in [1.29, 1.82) is 0 Å². The molecule has 10 rings (SSSR count). The highest BCUT2D eigenvalue weighted by Crippen LogP contribution is 2.45. The minimum Gasteiger partial charge on any atom is -0.310 e. The quantitative estimate of drug-likeness (QED) is 0.152. The molecule has 2 nitrogen and oxygen atoms in total. The molecule has 0 aliphatic heterocycles. The van der Waals surface area contributed by atoms with Crippen molar-refractivity contribution in [2.75, 3.05) is 4.90 Å². The Kier molecular flexibility index (Phi) is 8.55. The lowest BCUT2D eigenvalue weighted by Crippen LogP contribution is -2.10. The van der Waals surface area contributed by atoms with Gasteiger partial charge >= 0.3 is 0 Å². The third-order valence-corrected chi connectivity index (χ3v) is 10.8. The normalized spacial score (nSPS) is 11.2. The number of fused-ring (bicyclic) bond motifs is 3. The summed E-state index contributed by atoms with van der Waals surface area (Å²) in [7, 11) is 0. The van der Waals surface area contributed by atoms with Gasteiger partial charge in [-0.3, -0.25) is 0 Å². The van der Waals surface area contributed by atoms with Gasteiger partial charge in [0.05, 0.1) is 11.0 Å². The summed E-state index contributed by atoms with van der Waals surface area (Å²) < 4.78 is 2.41. The number of nitrogens with zero attached hydrogens (tertiary/aromatic N) is 2. The minimum atomic E-state index is 1.09. The third kappa shape index (κ3) is 6.04. The van der Waals surface area contributed by atoms with E-state index in [1.165, 1.54) is 60.8 Å². The Labute approximate surface area is 327 Å². The molecule has 0 fully saturated rings. The van der Waals surface area contributed by atoms with E-state index in [-0.39, 0.29) is 0 Å². The first kappa shape index (κ1) is 33.2. The molecule has 1 heterocycles. The van der Waals surface area contributed by atoms with Crippen molar-refractivity contribution >= 4 is 38.9 Å². The molecule has 10 aromatic rings. The average Bonchev–Trinajstić information content (AvgIpc) is 3.62. The first-order chi connectivity index (χ1) is 27.8. The van der Waals surface area contributed by atoms with Crippen LogP contribution in [0.4, 0.5) is 17.1 Å². The maximum Gasteiger partial charge on any atom is 0.0547 e. The van der Waals surface area contributed by atoms with E-state index in [4.69, 9.17) is 0 Å². The van der Waals surface area contributed by atoms with Crippen LogP contribution in [-0.2, 0) is 0 Å². The molecule has 1 aromatic heterocycles. The zero-order valence-electron chi connectivity index (χ0n) is 30.8. The van der Waals surface area contributed by atoms with Gasteiger partial charge in [-0.25, -0.2) is 0 Å². The largest absolute Gasteiger partial charge is 0.310 e. The lowest BCUT2D eigenvalue weighted by atomic mass is 9.92. The first-order valence-electron chi connectivity index (χ1n) is 19.2. The summed E-state index contributed by atoms with van der Waals surface area (Å²) in [6.45, 7) is 0. The Morgan fingerprint density at radius 1 is 0.286 bits per heavy atom. The highest BCUT2D eigenvalue weighted by molar-refractivity contribution is 6.17. The van der Waals surface area contributed by atoms with Crippen LogP contribution in [0.5, 0.6) is 0 Å². The molecule has 2 heteroatoms. The minimum absolute atomic E-state index is 1.09. The van der Waals surface area contributed by atoms with Crippen molar-refractivity contribution in [1.82, 2.24) is 4.57 Å². The standard InChI is InChI=1S/C54H38N2/c1-5-17-39(18-6-1)41-31-33-45(34-32-41)55(46-26-15-23-43(37-46)40-19-7-2-8-20-40)47-35-36-52-51(38-47)54-50(29-16-30-53(54)56(52)44-24-11-4-12-25-44)49-28-14-13-27-48(49)42-21-9-3-10-22-42/h1-38H. The topological polar surface area (TPSA) is 8.17 Å². The maximum absolute atomic E-state index is 2.41. The molecule has 0 spiro atoms. The van der Waals surface area contributed by atoms with E-state index in [1.54, 1.807) is 0 Å². The summed E-state index contributed by atoms with van der Waals surface area (Å²) in [6, 6.07) is 83.1. The van der Waals surface area contributed by atoms with E-state index >= 15 is 0 Å². The second-order valence-corrected chi connectivity index (χ2v) is 14.1. The summed E-state index contributed by atoms with van der Waals surface area (Å²) in [6.07, 6.45) is 0. The molecule has 264 valence electrons. The molecule has 0 amide bonds. The molecule has 0 aliphatic carbocycles. The first-order valence-corrected chi connectivity index (χ1v) is 19.2. The van der Waals surface area contributed by atoms with Crippen LogP contribution >= 0.6 is 0 Å². The fourth-order valence-electron chi connectivity index (χ4n) is 8.20. The van der Waals surface area contributed by atoms with Crippen LogP contribution < -0.4 is 4.90 Å². The van der Waals surface area contributed by atoms with Crippen molar-refractivity contribution in [3.8, 4) is 50.2 Å². The molecular weight excluding hydrogens is 677 g/mol. The summed E-state index contributed by atoms with van der Waals surface area (Å²) in [5.74, 6) is 0. The number of anilines is 3. The lowest BCUT2D eigenvalue weighted by molar-refractivity contribution is 1.18. The second kappa shape index (κ2) is 14.4. The molecule has 0 atom stereocenters. The molecule has 0 N–H and O–H groups in total. The van der Waals surface area contributed by atoms with Crippen molar-refractivity contribution in [3.05, 3.63) is 231 Å². The van der Waals surface area contributed by atoms with Gasteiger partial charge in [-0.05, 0) is 105 Å². The predicted molar refractivity (Wildman–Crippen MR) is 237 cm³/mol. The Morgan fingerprint density at radius 3 is 1.48 bits per heavy atom. The SMILES string of the molecule is c1ccc(-c2ccc(N(c3cccc(-c4ccccc4)c3)c3ccc4c(c3)c3c(-c5ccccc5-c5ccccc5)cccc3n4-c3ccccc3)cc2)cc1. The van der Waals surface area contributed by atoms with Gasteiger partial charge in [0.1, 0.15) is 0 Å². The molecule has 0 radical (unpaired) electrons. The number of rotatable bonds is 8. The van der Waals surface area contributed by atoms with E-state index in [1.807, 2.05) is 0 Å². The Balaban J connectivity index is 1.22. The summed E-state index contributed by atoms with van der Waals surface area (Å²) in [4.78, 5) is 2.40. The molecule has 0 saturated heterocycles. The highest BCUT2D eigenvalue weighted by atomic mass is 15.1. The van der Waals surface area contributed by atoms with Gasteiger partial charge in [-0.15, -0.1) is 0 Å². The zero-order valence-corrected chi connectivity index (χ0v) is 30.8. The van der Waals surface area contributed by atoms with E-state index in [0.717, 1.165) is 28.3 Å². The van der Waals surface area contributed by atoms with Crippen molar-refractivity contribution in [3.63, 3.8) is 0 Å². The van der Waals surface area contributed by atoms with Crippen LogP contribution in [0.25, 0.3) is 72.0 Å². The van der Waals surface area contributed by atoms with Crippen LogP contribution in [0.2, 0.25) is 0 Å². The van der Waals surface area contributed by atoms with Crippen molar-refractivity contribution in [2.24, 2.45) is 0 Å². The second-order valence-electron chi connectivity index (χ2n) is 14.1.